The van der Waals surface area contributed by atoms with Crippen molar-refractivity contribution in [1.29, 1.82) is 0 Å². The molecule has 0 radical (unpaired) electrons. The second kappa shape index (κ2) is 4.94. The monoisotopic (exact) mass is 265 g/mol. The van der Waals surface area contributed by atoms with Crippen molar-refractivity contribution in [1.82, 2.24) is 4.72 Å². The molecule has 0 saturated heterocycles. The Morgan fingerprint density at radius 2 is 1.59 bits per heavy atom. The van der Waals surface area contributed by atoms with E-state index in [9.17, 15) is 13.2 Å². The summed E-state index contributed by atoms with van der Waals surface area (Å²) < 4.78 is 25.9. The van der Waals surface area contributed by atoms with Crippen LogP contribution in [0.25, 0.3) is 0 Å². The van der Waals surface area contributed by atoms with Gasteiger partial charge < -0.3 is 5.11 Å². The van der Waals surface area contributed by atoms with Gasteiger partial charge >= 0.3 is 5.97 Å². The summed E-state index contributed by atoms with van der Waals surface area (Å²) >= 11 is 0. The van der Waals surface area contributed by atoms with Crippen molar-refractivity contribution in [3.63, 3.8) is 0 Å². The maximum atomic E-state index is 11.8. The van der Waals surface area contributed by atoms with E-state index in [0.29, 0.717) is 0 Å². The Labute approximate surface area is 104 Å². The minimum absolute atomic E-state index is 0.0974. The first kappa shape index (κ1) is 16.4. The fourth-order valence-corrected chi connectivity index (χ4v) is 3.43. The molecule has 0 spiro atoms. The minimum Gasteiger partial charge on any atom is -0.480 e. The molecule has 0 heterocycles. The zero-order valence-corrected chi connectivity index (χ0v) is 12.2. The fraction of sp³-hybridized carbons (Fsp3) is 0.909. The standard InChI is InChI=1S/C11H23NO4S/c1-10(2,3)7-17(15,16)12-8(9(13)14)11(4,5)6/h8,12H,7H2,1-6H3,(H,13,14)/t8-/m0/s1. The highest BCUT2D eigenvalue weighted by atomic mass is 32.2. The van der Waals surface area contributed by atoms with Gasteiger partial charge in [0.2, 0.25) is 10.0 Å². The Morgan fingerprint density at radius 1 is 1.18 bits per heavy atom. The quantitative estimate of drug-likeness (QED) is 0.806. The molecule has 0 aliphatic carbocycles. The van der Waals surface area contributed by atoms with Crippen LogP contribution in [0.5, 0.6) is 0 Å². The third-order valence-electron chi connectivity index (χ3n) is 2.03. The Kier molecular flexibility index (Phi) is 4.76. The summed E-state index contributed by atoms with van der Waals surface area (Å²) in [7, 11) is -3.60. The third kappa shape index (κ3) is 6.63. The van der Waals surface area contributed by atoms with Gasteiger partial charge in [-0.15, -0.1) is 0 Å². The lowest BCUT2D eigenvalue weighted by Crippen LogP contribution is -2.50. The molecular formula is C11H23NO4S. The molecule has 0 unspecified atom stereocenters. The van der Waals surface area contributed by atoms with Crippen LogP contribution in [0, 0.1) is 10.8 Å². The van der Waals surface area contributed by atoms with Gasteiger partial charge in [0.15, 0.2) is 0 Å². The van der Waals surface area contributed by atoms with Crippen LogP contribution in [-0.2, 0) is 14.8 Å². The van der Waals surface area contributed by atoms with Crippen LogP contribution in [0.3, 0.4) is 0 Å². The lowest BCUT2D eigenvalue weighted by atomic mass is 9.88. The largest absolute Gasteiger partial charge is 0.480 e. The molecule has 102 valence electrons. The molecule has 0 fully saturated rings. The number of nitrogens with one attached hydrogen (secondary N) is 1. The van der Waals surface area contributed by atoms with Crippen LogP contribution in [0.1, 0.15) is 41.5 Å². The number of hydrogen-bond donors (Lipinski definition) is 2. The highest BCUT2D eigenvalue weighted by Gasteiger charge is 2.35. The van der Waals surface area contributed by atoms with E-state index >= 15 is 0 Å². The molecule has 17 heavy (non-hydrogen) atoms. The molecule has 0 bridgehead atoms. The maximum Gasteiger partial charge on any atom is 0.322 e. The summed E-state index contributed by atoms with van der Waals surface area (Å²) in [4.78, 5) is 11.1. The van der Waals surface area contributed by atoms with Crippen LogP contribution in [0.15, 0.2) is 0 Å². The first-order valence-corrected chi connectivity index (χ1v) is 7.13. The maximum absolute atomic E-state index is 11.8. The fourth-order valence-electron chi connectivity index (χ4n) is 1.39. The molecule has 0 aliphatic heterocycles. The topological polar surface area (TPSA) is 83.5 Å². The number of carboxylic acid groups (broad SMARTS) is 1. The highest BCUT2D eigenvalue weighted by molar-refractivity contribution is 7.89. The predicted molar refractivity (Wildman–Crippen MR) is 67.3 cm³/mol. The summed E-state index contributed by atoms with van der Waals surface area (Å²) in [5.41, 5.74) is -1.08. The number of carbonyl (C=O) groups is 1. The first-order chi connectivity index (χ1) is 7.25. The number of sulfonamides is 1. The molecule has 0 aromatic heterocycles. The van der Waals surface area contributed by atoms with Gasteiger partial charge in [0, 0.05) is 0 Å². The van der Waals surface area contributed by atoms with E-state index in [1.54, 1.807) is 41.5 Å². The van der Waals surface area contributed by atoms with E-state index in [-0.39, 0.29) is 5.75 Å². The predicted octanol–water partition coefficient (Wildman–Crippen LogP) is 1.45. The second-order valence-corrected chi connectivity index (χ2v) is 8.33. The van der Waals surface area contributed by atoms with E-state index in [2.05, 4.69) is 4.72 Å². The SMILES string of the molecule is CC(C)(C)CS(=O)(=O)N[C@@H](C(=O)O)C(C)(C)C. The van der Waals surface area contributed by atoms with Gasteiger partial charge in [-0.05, 0) is 10.8 Å². The average molecular weight is 265 g/mol. The molecule has 6 heteroatoms. The number of rotatable bonds is 4. The molecule has 0 aliphatic rings. The molecule has 5 nitrogen and oxygen atoms in total. The van der Waals surface area contributed by atoms with E-state index in [4.69, 9.17) is 5.11 Å². The Bertz CT molecular complexity index is 373. The average Bonchev–Trinajstić information content (AvgIpc) is 1.92. The summed E-state index contributed by atoms with van der Waals surface area (Å²) in [5.74, 6) is -1.25. The molecule has 0 amide bonds. The first-order valence-electron chi connectivity index (χ1n) is 5.47. The van der Waals surface area contributed by atoms with Crippen molar-refractivity contribution in [2.45, 2.75) is 47.6 Å². The molecule has 2 N–H and O–H groups in total. The van der Waals surface area contributed by atoms with E-state index < -0.39 is 32.9 Å². The molecule has 0 aromatic carbocycles. The smallest absolute Gasteiger partial charge is 0.322 e. The molecule has 0 saturated carbocycles. The number of hydrogen-bond acceptors (Lipinski definition) is 3. The van der Waals surface area contributed by atoms with Gasteiger partial charge in [0.05, 0.1) is 5.75 Å². The van der Waals surface area contributed by atoms with E-state index in [0.717, 1.165) is 0 Å². The summed E-state index contributed by atoms with van der Waals surface area (Å²) in [5, 5.41) is 9.04. The number of aliphatic carboxylic acids is 1. The second-order valence-electron chi connectivity index (χ2n) is 6.57. The van der Waals surface area contributed by atoms with Crippen LogP contribution >= 0.6 is 0 Å². The van der Waals surface area contributed by atoms with Crippen LogP contribution in [0.4, 0.5) is 0 Å². The Morgan fingerprint density at radius 3 is 1.82 bits per heavy atom. The van der Waals surface area contributed by atoms with Crippen LogP contribution < -0.4 is 4.72 Å². The zero-order valence-electron chi connectivity index (χ0n) is 11.4. The zero-order chi connectivity index (χ0) is 14.1. The summed E-state index contributed by atoms with van der Waals surface area (Å²) in [6, 6.07) is -1.12. The van der Waals surface area contributed by atoms with Gasteiger partial charge in [-0.2, -0.15) is 0 Å². The molecule has 1 atom stereocenters. The number of carboxylic acids is 1. The van der Waals surface area contributed by atoms with Crippen molar-refractivity contribution in [2.24, 2.45) is 10.8 Å². The normalized spacial score (nSPS) is 15.6. The van der Waals surface area contributed by atoms with Crippen LogP contribution in [-0.4, -0.2) is 31.3 Å². The van der Waals surface area contributed by atoms with E-state index in [1.165, 1.54) is 0 Å². The van der Waals surface area contributed by atoms with Crippen molar-refractivity contribution in [2.75, 3.05) is 5.75 Å². The van der Waals surface area contributed by atoms with Gasteiger partial charge in [0.1, 0.15) is 6.04 Å². The highest BCUT2D eigenvalue weighted by Crippen LogP contribution is 2.22. The minimum atomic E-state index is -3.60. The van der Waals surface area contributed by atoms with Gasteiger partial charge in [-0.1, -0.05) is 41.5 Å². The van der Waals surface area contributed by atoms with Crippen LogP contribution in [0.2, 0.25) is 0 Å². The lowest BCUT2D eigenvalue weighted by molar-refractivity contribution is -0.141. The van der Waals surface area contributed by atoms with Crippen molar-refractivity contribution in [3.05, 3.63) is 0 Å². The Balaban J connectivity index is 4.97. The van der Waals surface area contributed by atoms with Gasteiger partial charge in [-0.25, -0.2) is 13.1 Å². The van der Waals surface area contributed by atoms with Gasteiger partial charge in [-0.3, -0.25) is 4.79 Å². The van der Waals surface area contributed by atoms with Crippen molar-refractivity contribution >= 4 is 16.0 Å². The summed E-state index contributed by atoms with van der Waals surface area (Å²) in [6.07, 6.45) is 0. The lowest BCUT2D eigenvalue weighted by Gasteiger charge is -2.29. The van der Waals surface area contributed by atoms with Crippen molar-refractivity contribution < 1.29 is 18.3 Å². The van der Waals surface area contributed by atoms with E-state index in [1.807, 2.05) is 0 Å². The molecule has 0 aromatic rings. The Hall–Kier alpha value is -0.620. The van der Waals surface area contributed by atoms with Gasteiger partial charge in [0.25, 0.3) is 0 Å². The molecule has 0 rings (SSSR count). The molecular weight excluding hydrogens is 242 g/mol. The summed E-state index contributed by atoms with van der Waals surface area (Å²) in [6.45, 7) is 10.4. The third-order valence-corrected chi connectivity index (χ3v) is 3.87. The van der Waals surface area contributed by atoms with Crippen molar-refractivity contribution in [3.8, 4) is 0 Å².